The predicted octanol–water partition coefficient (Wildman–Crippen LogP) is 2.03. The number of hydrogen-bond acceptors (Lipinski definition) is 5. The summed E-state index contributed by atoms with van der Waals surface area (Å²) < 4.78 is 10.8. The molecule has 0 unspecified atom stereocenters. The van der Waals surface area contributed by atoms with Crippen LogP contribution in [0.3, 0.4) is 0 Å². The summed E-state index contributed by atoms with van der Waals surface area (Å²) in [5.74, 6) is 1.26. The normalized spacial score (nSPS) is 9.85. The van der Waals surface area contributed by atoms with Gasteiger partial charge in [-0.05, 0) is 30.3 Å². The quantitative estimate of drug-likeness (QED) is 0.899. The van der Waals surface area contributed by atoms with E-state index < -0.39 is 0 Å². The Balaban J connectivity index is 2.11. The van der Waals surface area contributed by atoms with Crippen molar-refractivity contribution >= 4 is 0 Å². The largest absolute Gasteiger partial charge is 0.496 e. The van der Waals surface area contributed by atoms with Crippen molar-refractivity contribution in [3.63, 3.8) is 0 Å². The van der Waals surface area contributed by atoms with Gasteiger partial charge >= 0.3 is 0 Å². The number of aromatic nitrogens is 1. The van der Waals surface area contributed by atoms with Crippen molar-refractivity contribution in [2.24, 2.45) is 0 Å². The van der Waals surface area contributed by atoms with Crippen molar-refractivity contribution in [2.45, 2.75) is 13.2 Å². The van der Waals surface area contributed by atoms with E-state index in [0.717, 1.165) is 5.56 Å². The third kappa shape index (κ3) is 3.25. The van der Waals surface area contributed by atoms with Crippen LogP contribution in [0.25, 0.3) is 0 Å². The molecule has 0 radical (unpaired) electrons. The van der Waals surface area contributed by atoms with Crippen molar-refractivity contribution < 1.29 is 14.6 Å². The summed E-state index contributed by atoms with van der Waals surface area (Å²) in [6.45, 7) is 0.178. The number of aliphatic hydroxyl groups is 1. The third-order valence-corrected chi connectivity index (χ3v) is 2.76. The van der Waals surface area contributed by atoms with Crippen LogP contribution in [0.2, 0.25) is 0 Å². The van der Waals surface area contributed by atoms with Gasteiger partial charge < -0.3 is 14.6 Å². The third-order valence-electron chi connectivity index (χ3n) is 2.76. The highest BCUT2D eigenvalue weighted by atomic mass is 16.5. The Hall–Kier alpha value is -2.58. The van der Waals surface area contributed by atoms with E-state index in [1.54, 1.807) is 43.6 Å². The van der Waals surface area contributed by atoms with Crippen LogP contribution < -0.4 is 9.47 Å². The number of methoxy groups -OCH3 is 1. The molecule has 0 saturated carbocycles. The zero-order valence-corrected chi connectivity index (χ0v) is 11.0. The molecule has 5 heteroatoms. The maximum Gasteiger partial charge on any atom is 0.138 e. The molecule has 0 amide bonds. The monoisotopic (exact) mass is 270 g/mol. The molecule has 2 aromatic rings. The highest BCUT2D eigenvalue weighted by Gasteiger charge is 2.06. The molecule has 0 saturated heterocycles. The second-order valence-electron chi connectivity index (χ2n) is 4.07. The SMILES string of the molecule is COc1ccc(C#N)cc1COc1ccc(CO)nc1. The summed E-state index contributed by atoms with van der Waals surface area (Å²) in [5, 5.41) is 17.8. The summed E-state index contributed by atoms with van der Waals surface area (Å²) >= 11 is 0. The maximum absolute atomic E-state index is 8.91. The highest BCUT2D eigenvalue weighted by molar-refractivity contribution is 5.42. The summed E-state index contributed by atoms with van der Waals surface area (Å²) in [4.78, 5) is 4.03. The van der Waals surface area contributed by atoms with Gasteiger partial charge in [-0.2, -0.15) is 5.26 Å². The fraction of sp³-hybridized carbons (Fsp3) is 0.200. The van der Waals surface area contributed by atoms with E-state index in [1.807, 2.05) is 0 Å². The lowest BCUT2D eigenvalue weighted by atomic mass is 10.1. The van der Waals surface area contributed by atoms with E-state index in [0.29, 0.717) is 22.8 Å². The van der Waals surface area contributed by atoms with E-state index in [4.69, 9.17) is 19.8 Å². The molecular formula is C15H14N2O3. The number of nitrogens with zero attached hydrogens (tertiary/aromatic N) is 2. The van der Waals surface area contributed by atoms with Crippen molar-refractivity contribution in [3.8, 4) is 17.6 Å². The number of hydrogen-bond donors (Lipinski definition) is 1. The first-order valence-corrected chi connectivity index (χ1v) is 6.02. The predicted molar refractivity (Wildman–Crippen MR) is 72.2 cm³/mol. The minimum atomic E-state index is -0.0989. The van der Waals surface area contributed by atoms with Gasteiger partial charge in [-0.3, -0.25) is 4.98 Å². The Morgan fingerprint density at radius 2 is 2.15 bits per heavy atom. The van der Waals surface area contributed by atoms with Gasteiger partial charge in [0.25, 0.3) is 0 Å². The minimum absolute atomic E-state index is 0.0989. The molecule has 0 fully saturated rings. The minimum Gasteiger partial charge on any atom is -0.496 e. The lowest BCUT2D eigenvalue weighted by Crippen LogP contribution is -2.00. The Bertz CT molecular complexity index is 618. The Labute approximate surface area is 117 Å². The van der Waals surface area contributed by atoms with Crippen molar-refractivity contribution in [2.75, 3.05) is 7.11 Å². The van der Waals surface area contributed by atoms with Gasteiger partial charge in [0, 0.05) is 5.56 Å². The van der Waals surface area contributed by atoms with Gasteiger partial charge in [0.2, 0.25) is 0 Å². The number of pyridine rings is 1. The van der Waals surface area contributed by atoms with E-state index in [-0.39, 0.29) is 13.2 Å². The maximum atomic E-state index is 8.91. The number of aliphatic hydroxyl groups excluding tert-OH is 1. The molecular weight excluding hydrogens is 256 g/mol. The number of ether oxygens (including phenoxy) is 2. The first kappa shape index (κ1) is 13.8. The average molecular weight is 270 g/mol. The molecule has 1 aromatic carbocycles. The topological polar surface area (TPSA) is 75.4 Å². The van der Waals surface area contributed by atoms with Crippen LogP contribution in [0.15, 0.2) is 36.5 Å². The number of rotatable bonds is 5. The van der Waals surface area contributed by atoms with Crippen molar-refractivity contribution in [1.82, 2.24) is 4.98 Å². The Morgan fingerprint density at radius 3 is 2.75 bits per heavy atom. The van der Waals surface area contributed by atoms with Crippen LogP contribution in [-0.2, 0) is 13.2 Å². The molecule has 0 aliphatic heterocycles. The van der Waals surface area contributed by atoms with Crippen LogP contribution in [-0.4, -0.2) is 17.2 Å². The van der Waals surface area contributed by atoms with Crippen LogP contribution in [0.5, 0.6) is 11.5 Å². The lowest BCUT2D eigenvalue weighted by molar-refractivity contribution is 0.274. The van der Waals surface area contributed by atoms with Gasteiger partial charge in [-0.1, -0.05) is 0 Å². The Morgan fingerprint density at radius 1 is 1.30 bits per heavy atom. The molecule has 0 aliphatic rings. The van der Waals surface area contributed by atoms with Gasteiger partial charge in [-0.15, -0.1) is 0 Å². The molecule has 0 spiro atoms. The van der Waals surface area contributed by atoms with E-state index >= 15 is 0 Å². The van der Waals surface area contributed by atoms with Gasteiger partial charge in [0.15, 0.2) is 0 Å². The van der Waals surface area contributed by atoms with E-state index in [9.17, 15) is 0 Å². The van der Waals surface area contributed by atoms with Crippen molar-refractivity contribution in [3.05, 3.63) is 53.3 Å². The molecule has 0 bridgehead atoms. The second-order valence-corrected chi connectivity index (χ2v) is 4.07. The zero-order valence-electron chi connectivity index (χ0n) is 11.0. The first-order valence-electron chi connectivity index (χ1n) is 6.02. The van der Waals surface area contributed by atoms with Crippen LogP contribution >= 0.6 is 0 Å². The number of benzene rings is 1. The molecule has 0 atom stereocenters. The zero-order chi connectivity index (χ0) is 14.4. The molecule has 1 heterocycles. The molecule has 20 heavy (non-hydrogen) atoms. The summed E-state index contributed by atoms with van der Waals surface area (Å²) in [7, 11) is 1.57. The summed E-state index contributed by atoms with van der Waals surface area (Å²) in [6.07, 6.45) is 1.55. The van der Waals surface area contributed by atoms with Gasteiger partial charge in [-0.25, -0.2) is 0 Å². The van der Waals surface area contributed by atoms with E-state index in [2.05, 4.69) is 11.1 Å². The van der Waals surface area contributed by atoms with Crippen LogP contribution in [0, 0.1) is 11.3 Å². The highest BCUT2D eigenvalue weighted by Crippen LogP contribution is 2.21. The van der Waals surface area contributed by atoms with Crippen LogP contribution in [0.1, 0.15) is 16.8 Å². The smallest absolute Gasteiger partial charge is 0.138 e. The molecule has 1 N–H and O–H groups in total. The summed E-state index contributed by atoms with van der Waals surface area (Å²) in [6, 6.07) is 10.7. The molecule has 102 valence electrons. The fourth-order valence-corrected chi connectivity index (χ4v) is 1.71. The first-order chi connectivity index (χ1) is 9.76. The van der Waals surface area contributed by atoms with Crippen molar-refractivity contribution in [1.29, 1.82) is 5.26 Å². The van der Waals surface area contributed by atoms with E-state index in [1.165, 1.54) is 0 Å². The fourth-order valence-electron chi connectivity index (χ4n) is 1.71. The van der Waals surface area contributed by atoms with Gasteiger partial charge in [0.05, 0.1) is 37.2 Å². The Kier molecular flexibility index (Phi) is 4.53. The lowest BCUT2D eigenvalue weighted by Gasteiger charge is -2.10. The molecule has 1 aromatic heterocycles. The summed E-state index contributed by atoms with van der Waals surface area (Å²) in [5.41, 5.74) is 1.93. The standard InChI is InChI=1S/C15H14N2O3/c1-19-15-5-2-11(7-16)6-12(15)10-20-14-4-3-13(9-18)17-8-14/h2-6,8,18H,9-10H2,1H3. The number of nitriles is 1. The second kappa shape index (κ2) is 6.55. The van der Waals surface area contributed by atoms with Gasteiger partial charge in [0.1, 0.15) is 18.1 Å². The molecule has 5 nitrogen and oxygen atoms in total. The molecule has 0 aliphatic carbocycles. The molecule has 2 rings (SSSR count). The average Bonchev–Trinajstić information content (AvgIpc) is 2.53. The van der Waals surface area contributed by atoms with Crippen LogP contribution in [0.4, 0.5) is 0 Å².